The van der Waals surface area contributed by atoms with Crippen LogP contribution in [0.1, 0.15) is 11.7 Å². The number of carbonyl (C=O) groups excluding carboxylic acids is 1. The van der Waals surface area contributed by atoms with Crippen LogP contribution in [0.3, 0.4) is 0 Å². The minimum atomic E-state index is -4.83. The third-order valence-corrected chi connectivity index (χ3v) is 3.82. The van der Waals surface area contributed by atoms with Crippen molar-refractivity contribution in [2.75, 3.05) is 6.61 Å². The zero-order chi connectivity index (χ0) is 24.2. The molecule has 0 bridgehead atoms. The lowest BCUT2D eigenvalue weighted by Crippen LogP contribution is -2.27. The topological polar surface area (TPSA) is 112 Å². The molecule has 0 aliphatic heterocycles. The third kappa shape index (κ3) is 6.93. The van der Waals surface area contributed by atoms with Crippen LogP contribution in [0.15, 0.2) is 34.9 Å². The van der Waals surface area contributed by atoms with Gasteiger partial charge in [-0.05, 0) is 17.7 Å². The highest BCUT2D eigenvalue weighted by atomic mass is 35.5. The van der Waals surface area contributed by atoms with Gasteiger partial charge < -0.3 is 19.3 Å². The van der Waals surface area contributed by atoms with E-state index >= 15 is 0 Å². The van der Waals surface area contributed by atoms with Crippen molar-refractivity contribution in [3.8, 4) is 22.9 Å². The van der Waals surface area contributed by atoms with Gasteiger partial charge >= 0.3 is 18.4 Å². The van der Waals surface area contributed by atoms with Gasteiger partial charge in [0.25, 0.3) is 5.82 Å². The fraction of sp³-hybridized carbons (Fsp3) is 0.235. The smallest absolute Gasteiger partial charge is 0.455 e. The predicted octanol–water partition coefficient (Wildman–Crippen LogP) is 4.43. The van der Waals surface area contributed by atoms with E-state index in [-0.39, 0.29) is 5.56 Å². The van der Waals surface area contributed by atoms with Gasteiger partial charge in [-0.3, -0.25) is 0 Å². The van der Waals surface area contributed by atoms with E-state index in [0.717, 1.165) is 6.07 Å². The molecule has 0 atom stereocenters. The Balaban J connectivity index is 1.73. The Morgan fingerprint density at radius 2 is 1.79 bits per heavy atom. The molecule has 0 spiro atoms. The fourth-order valence-corrected chi connectivity index (χ4v) is 2.35. The van der Waals surface area contributed by atoms with Gasteiger partial charge in [-0.25, -0.2) is 4.79 Å². The van der Waals surface area contributed by atoms with Gasteiger partial charge in [0.05, 0.1) is 5.56 Å². The molecule has 16 heteroatoms. The van der Waals surface area contributed by atoms with Crippen molar-refractivity contribution in [3.05, 3.63) is 47.1 Å². The van der Waals surface area contributed by atoms with E-state index < -0.39 is 55.1 Å². The third-order valence-electron chi connectivity index (χ3n) is 3.57. The summed E-state index contributed by atoms with van der Waals surface area (Å²) in [5, 5.41) is 12.1. The monoisotopic (exact) mass is 497 g/mol. The quantitative estimate of drug-likeness (QED) is 0.498. The molecule has 0 fully saturated rings. The van der Waals surface area contributed by atoms with E-state index in [1.54, 1.807) is 0 Å². The summed E-state index contributed by atoms with van der Waals surface area (Å²) in [4.78, 5) is 15.0. The van der Waals surface area contributed by atoms with E-state index in [1.165, 1.54) is 24.3 Å². The zero-order valence-electron chi connectivity index (χ0n) is 15.9. The molecule has 0 radical (unpaired) electrons. The van der Waals surface area contributed by atoms with Crippen LogP contribution in [0, 0.1) is 0 Å². The molecule has 3 aromatic rings. The number of amides is 1. The summed E-state index contributed by atoms with van der Waals surface area (Å²) in [5.74, 6) is -3.02. The van der Waals surface area contributed by atoms with Crippen molar-refractivity contribution >= 4 is 17.7 Å². The average Bonchev–Trinajstić information content (AvgIpc) is 3.21. The van der Waals surface area contributed by atoms with E-state index in [2.05, 4.69) is 29.6 Å². The number of nitrogens with zero attached hydrogens (tertiary/aromatic N) is 4. The average molecular weight is 498 g/mol. The summed E-state index contributed by atoms with van der Waals surface area (Å²) in [6.07, 6.45) is -10.7. The number of benzene rings is 1. The Morgan fingerprint density at radius 3 is 2.39 bits per heavy atom. The summed E-state index contributed by atoms with van der Waals surface area (Å²) in [5.41, 5.74) is 0.322. The van der Waals surface area contributed by atoms with Crippen LogP contribution in [-0.4, -0.2) is 39.2 Å². The maximum atomic E-state index is 12.5. The molecule has 2 aromatic heterocycles. The summed E-state index contributed by atoms with van der Waals surface area (Å²) < 4.78 is 88.8. The van der Waals surface area contributed by atoms with E-state index in [9.17, 15) is 31.1 Å². The first-order valence-electron chi connectivity index (χ1n) is 8.59. The molecule has 33 heavy (non-hydrogen) atoms. The summed E-state index contributed by atoms with van der Waals surface area (Å²) in [6.45, 7) is -2.25. The van der Waals surface area contributed by atoms with Gasteiger partial charge in [-0.15, -0.1) is 10.2 Å². The molecule has 1 amide bonds. The lowest BCUT2D eigenvalue weighted by atomic mass is 10.1. The molecule has 0 aliphatic rings. The lowest BCUT2D eigenvalue weighted by Gasteiger charge is -2.13. The first-order chi connectivity index (χ1) is 15.4. The second-order valence-electron chi connectivity index (χ2n) is 6.06. The number of aromatic nitrogens is 4. The molecule has 9 nitrogen and oxygen atoms in total. The molecule has 0 unspecified atom stereocenters. The van der Waals surface area contributed by atoms with Gasteiger partial charge in [0.1, 0.15) is 6.54 Å². The molecule has 0 saturated heterocycles. The van der Waals surface area contributed by atoms with Crippen LogP contribution in [0.4, 0.5) is 31.1 Å². The maximum absolute atomic E-state index is 12.5. The van der Waals surface area contributed by atoms with Gasteiger partial charge in [-0.1, -0.05) is 28.9 Å². The van der Waals surface area contributed by atoms with E-state index in [0.29, 0.717) is 10.6 Å². The number of hydrogen-bond donors (Lipinski definition) is 1. The SMILES string of the molecule is O=C(NCc1nc(C(F)(F)F)no1)Oc1cc(-c2ccc(Cl)cc2)c(OCC(F)(F)F)nn1. The van der Waals surface area contributed by atoms with Crippen molar-refractivity contribution in [2.24, 2.45) is 0 Å². The number of halogens is 7. The van der Waals surface area contributed by atoms with Gasteiger partial charge in [0, 0.05) is 11.1 Å². The Labute approximate surface area is 184 Å². The van der Waals surface area contributed by atoms with Crippen molar-refractivity contribution in [1.82, 2.24) is 25.7 Å². The minimum absolute atomic E-state index is 0.000405. The van der Waals surface area contributed by atoms with Crippen LogP contribution in [0.25, 0.3) is 11.1 Å². The Bertz CT molecular complexity index is 1120. The van der Waals surface area contributed by atoms with Crippen molar-refractivity contribution < 1.29 is 45.1 Å². The van der Waals surface area contributed by atoms with Crippen LogP contribution < -0.4 is 14.8 Å². The van der Waals surface area contributed by atoms with Gasteiger partial charge in [0.2, 0.25) is 17.7 Å². The number of hydrogen-bond acceptors (Lipinski definition) is 8. The molecule has 3 rings (SSSR count). The van der Waals surface area contributed by atoms with Crippen LogP contribution in [0.5, 0.6) is 11.8 Å². The molecular formula is C17H10ClF6N5O4. The Hall–Kier alpha value is -3.62. The highest BCUT2D eigenvalue weighted by Crippen LogP contribution is 2.32. The molecule has 2 heterocycles. The van der Waals surface area contributed by atoms with Crippen molar-refractivity contribution in [3.63, 3.8) is 0 Å². The second kappa shape index (κ2) is 9.48. The highest BCUT2D eigenvalue weighted by molar-refractivity contribution is 6.30. The molecule has 1 aromatic carbocycles. The standard InChI is InChI=1S/C17H10ClF6N5O4/c18-9-3-1-8(2-4-9)10-5-11(27-28-13(10)31-7-16(19,20)21)32-15(30)25-6-12-26-14(29-33-12)17(22,23)24/h1-5H,6-7H2,(H,25,30). The Kier molecular flexibility index (Phi) is 6.90. The van der Waals surface area contributed by atoms with Crippen molar-refractivity contribution in [2.45, 2.75) is 18.9 Å². The van der Waals surface area contributed by atoms with Crippen molar-refractivity contribution in [1.29, 1.82) is 0 Å². The van der Waals surface area contributed by atoms with Gasteiger partial charge in [-0.2, -0.15) is 31.3 Å². The molecule has 1 N–H and O–H groups in total. The first-order valence-corrected chi connectivity index (χ1v) is 8.97. The highest BCUT2D eigenvalue weighted by Gasteiger charge is 2.37. The Morgan fingerprint density at radius 1 is 1.09 bits per heavy atom. The van der Waals surface area contributed by atoms with Crippen LogP contribution in [-0.2, 0) is 12.7 Å². The predicted molar refractivity (Wildman–Crippen MR) is 96.2 cm³/mol. The number of alkyl halides is 6. The van der Waals surface area contributed by atoms with E-state index in [4.69, 9.17) is 16.3 Å². The van der Waals surface area contributed by atoms with Crippen LogP contribution in [0.2, 0.25) is 5.02 Å². The number of carbonyl (C=O) groups is 1. The summed E-state index contributed by atoms with van der Waals surface area (Å²) in [6, 6.07) is 6.90. The largest absolute Gasteiger partial charge is 0.466 e. The fourth-order valence-electron chi connectivity index (χ4n) is 2.23. The zero-order valence-corrected chi connectivity index (χ0v) is 16.6. The molecule has 0 saturated carbocycles. The lowest BCUT2D eigenvalue weighted by molar-refractivity contribution is -0.154. The van der Waals surface area contributed by atoms with Gasteiger partial charge in [0.15, 0.2) is 6.61 Å². The molecule has 176 valence electrons. The van der Waals surface area contributed by atoms with Crippen LogP contribution >= 0.6 is 11.6 Å². The minimum Gasteiger partial charge on any atom is -0.466 e. The molecule has 0 aliphatic carbocycles. The second-order valence-corrected chi connectivity index (χ2v) is 6.50. The summed E-state index contributed by atoms with van der Waals surface area (Å²) >= 11 is 5.81. The summed E-state index contributed by atoms with van der Waals surface area (Å²) in [7, 11) is 0. The number of ether oxygens (including phenoxy) is 2. The van der Waals surface area contributed by atoms with E-state index in [1.807, 2.05) is 5.32 Å². The molecular weight excluding hydrogens is 488 g/mol. The number of rotatable bonds is 6. The first kappa shape index (κ1) is 24.0. The normalized spacial score (nSPS) is 11.8. The maximum Gasteiger partial charge on any atom is 0.455 e. The number of nitrogens with one attached hydrogen (secondary N) is 1.